The van der Waals surface area contributed by atoms with Gasteiger partial charge in [-0.3, -0.25) is 24.6 Å². The Hall–Kier alpha value is -3.79. The number of nitriles is 1. The van der Waals surface area contributed by atoms with Gasteiger partial charge in [0.15, 0.2) is 0 Å². The molecule has 0 bridgehead atoms. The number of carbonyl (C=O) groups is 2. The van der Waals surface area contributed by atoms with Crippen molar-refractivity contribution in [3.8, 4) is 6.07 Å². The number of thioether (sulfide) groups is 1. The van der Waals surface area contributed by atoms with Crippen molar-refractivity contribution in [1.82, 2.24) is 9.47 Å². The van der Waals surface area contributed by atoms with E-state index in [9.17, 15) is 25.0 Å². The summed E-state index contributed by atoms with van der Waals surface area (Å²) in [5.41, 5.74) is 1.95. The lowest BCUT2D eigenvalue weighted by atomic mass is 10.1. The van der Waals surface area contributed by atoms with E-state index < -0.39 is 23.3 Å². The number of nitro benzene ring substituents is 1. The molecule has 0 saturated carbocycles. The van der Waals surface area contributed by atoms with Crippen LogP contribution >= 0.6 is 35.3 Å². The lowest BCUT2D eigenvalue weighted by Gasteiger charge is -2.09. The molecule has 39 heavy (non-hydrogen) atoms. The van der Waals surface area contributed by atoms with E-state index in [4.69, 9.17) is 17.3 Å². The van der Waals surface area contributed by atoms with E-state index in [1.54, 1.807) is 30.4 Å². The minimum absolute atomic E-state index is 0.0157. The Bertz CT molecular complexity index is 1580. The van der Waals surface area contributed by atoms with Crippen LogP contribution in [-0.4, -0.2) is 42.2 Å². The number of carboxylic acid groups (broad SMARTS) is 1. The molecular formula is C27H24N4O5S3. The molecule has 3 heterocycles. The number of nitrogens with zero attached hydrogens (tertiary/aromatic N) is 4. The second-order valence-corrected chi connectivity index (χ2v) is 11.6. The van der Waals surface area contributed by atoms with Crippen LogP contribution < -0.4 is 0 Å². The van der Waals surface area contributed by atoms with Crippen molar-refractivity contribution in [2.24, 2.45) is 0 Å². The monoisotopic (exact) mass is 580 g/mol. The van der Waals surface area contributed by atoms with Crippen molar-refractivity contribution in [2.45, 2.75) is 39.2 Å². The highest BCUT2D eigenvalue weighted by Gasteiger charge is 2.33. The standard InChI is InChI=1S/C27H24N4O5S3/c1-2-3-4-5-10-29-15-18(21-12-19(31(35)36)6-8-22(21)29)11-17(14-28)23-9-7-20(38-23)13-24-26(34)30(16-25(32)33)27(37)39-24/h6-9,11-13,15H,2-5,10,16H2,1H3,(H,32,33)/b17-11+,24-13-. The molecule has 0 aliphatic carbocycles. The lowest BCUT2D eigenvalue weighted by Crippen LogP contribution is -2.33. The van der Waals surface area contributed by atoms with Gasteiger partial charge in [0.05, 0.1) is 15.4 Å². The molecule has 1 aromatic carbocycles. The van der Waals surface area contributed by atoms with Crippen LogP contribution in [0.25, 0.3) is 28.6 Å². The zero-order valence-corrected chi connectivity index (χ0v) is 23.4. The van der Waals surface area contributed by atoms with Gasteiger partial charge in [0.1, 0.15) is 16.9 Å². The topological polar surface area (TPSA) is 129 Å². The molecule has 0 atom stereocenters. The molecule has 3 aromatic rings. The van der Waals surface area contributed by atoms with Gasteiger partial charge in [-0.1, -0.05) is 50.2 Å². The number of thiophene rings is 1. The number of aliphatic carboxylic acids is 1. The predicted molar refractivity (Wildman–Crippen MR) is 158 cm³/mol. The highest BCUT2D eigenvalue weighted by molar-refractivity contribution is 8.26. The highest BCUT2D eigenvalue weighted by atomic mass is 32.2. The van der Waals surface area contributed by atoms with Crippen molar-refractivity contribution in [1.29, 1.82) is 5.26 Å². The number of allylic oxidation sites excluding steroid dienone is 1. The number of hydrogen-bond acceptors (Lipinski definition) is 8. The van der Waals surface area contributed by atoms with Crippen molar-refractivity contribution < 1.29 is 19.6 Å². The number of aryl methyl sites for hydroxylation is 1. The van der Waals surface area contributed by atoms with Gasteiger partial charge in [-0.15, -0.1) is 11.3 Å². The highest BCUT2D eigenvalue weighted by Crippen LogP contribution is 2.36. The third-order valence-corrected chi connectivity index (χ3v) is 8.56. The van der Waals surface area contributed by atoms with Crippen LogP contribution in [0.5, 0.6) is 0 Å². The van der Waals surface area contributed by atoms with Gasteiger partial charge < -0.3 is 9.67 Å². The number of unbranched alkanes of at least 4 members (excludes halogenated alkanes) is 3. The number of carbonyl (C=O) groups excluding carboxylic acids is 1. The van der Waals surface area contributed by atoms with Gasteiger partial charge in [-0.05, 0) is 36.8 Å². The van der Waals surface area contributed by atoms with E-state index in [1.165, 1.54) is 23.5 Å². The summed E-state index contributed by atoms with van der Waals surface area (Å²) in [5.74, 6) is -1.62. The number of aromatic nitrogens is 1. The summed E-state index contributed by atoms with van der Waals surface area (Å²) >= 11 is 7.48. The maximum atomic E-state index is 12.6. The molecule has 0 spiro atoms. The Balaban J connectivity index is 1.66. The Morgan fingerprint density at radius 3 is 2.74 bits per heavy atom. The van der Waals surface area contributed by atoms with Gasteiger partial charge in [0.2, 0.25) is 0 Å². The molecule has 1 N–H and O–H groups in total. The number of hydrogen-bond donors (Lipinski definition) is 1. The van der Waals surface area contributed by atoms with E-state index in [2.05, 4.69) is 17.6 Å². The number of rotatable bonds is 11. The van der Waals surface area contributed by atoms with E-state index >= 15 is 0 Å². The Labute approximate surface area is 238 Å². The largest absolute Gasteiger partial charge is 0.480 e. The van der Waals surface area contributed by atoms with Crippen molar-refractivity contribution >= 4 is 85.8 Å². The lowest BCUT2D eigenvalue weighted by molar-refractivity contribution is -0.384. The molecule has 1 amide bonds. The summed E-state index contributed by atoms with van der Waals surface area (Å²) in [7, 11) is 0. The van der Waals surface area contributed by atoms with Crippen LogP contribution in [0.1, 0.15) is 47.9 Å². The Kier molecular flexibility index (Phi) is 8.96. The second kappa shape index (κ2) is 12.4. The van der Waals surface area contributed by atoms with Crippen LogP contribution in [0.2, 0.25) is 0 Å². The quantitative estimate of drug-likeness (QED) is 0.0676. The summed E-state index contributed by atoms with van der Waals surface area (Å²) in [6.45, 7) is 2.42. The summed E-state index contributed by atoms with van der Waals surface area (Å²) in [4.78, 5) is 37.3. The number of non-ortho nitro benzene ring substituents is 1. The molecule has 0 unspecified atom stereocenters. The summed E-state index contributed by atoms with van der Waals surface area (Å²) < 4.78 is 2.26. The number of amides is 1. The molecule has 9 nitrogen and oxygen atoms in total. The number of benzene rings is 1. The van der Waals surface area contributed by atoms with Gasteiger partial charge in [-0.2, -0.15) is 5.26 Å². The van der Waals surface area contributed by atoms with Gasteiger partial charge in [0, 0.05) is 51.1 Å². The van der Waals surface area contributed by atoms with Crippen LogP contribution in [-0.2, 0) is 16.1 Å². The van der Waals surface area contributed by atoms with Crippen molar-refractivity contribution in [2.75, 3.05) is 6.54 Å². The molecule has 200 valence electrons. The van der Waals surface area contributed by atoms with Gasteiger partial charge in [-0.25, -0.2) is 0 Å². The Morgan fingerprint density at radius 2 is 2.05 bits per heavy atom. The van der Waals surface area contributed by atoms with Crippen molar-refractivity contribution in [3.05, 3.63) is 66.9 Å². The fourth-order valence-corrected chi connectivity index (χ4v) is 6.46. The number of fused-ring (bicyclic) bond motifs is 1. The molecule has 1 fully saturated rings. The van der Waals surface area contributed by atoms with Crippen molar-refractivity contribution in [3.63, 3.8) is 0 Å². The zero-order valence-electron chi connectivity index (χ0n) is 21.0. The van der Waals surface area contributed by atoms with Crippen LogP contribution in [0.3, 0.4) is 0 Å². The van der Waals surface area contributed by atoms with Crippen LogP contribution in [0, 0.1) is 21.4 Å². The second-order valence-electron chi connectivity index (χ2n) is 8.83. The van der Waals surface area contributed by atoms with Crippen LogP contribution in [0.15, 0.2) is 41.4 Å². The molecule has 0 radical (unpaired) electrons. The number of carboxylic acids is 1. The summed E-state index contributed by atoms with van der Waals surface area (Å²) in [6, 6.07) is 10.6. The minimum Gasteiger partial charge on any atom is -0.480 e. The Morgan fingerprint density at radius 1 is 1.26 bits per heavy atom. The average molecular weight is 581 g/mol. The third-order valence-electron chi connectivity index (χ3n) is 6.11. The third kappa shape index (κ3) is 6.44. The predicted octanol–water partition coefficient (Wildman–Crippen LogP) is 6.54. The number of thiocarbonyl (C=S) groups is 1. The first-order chi connectivity index (χ1) is 18.7. The van der Waals surface area contributed by atoms with E-state index in [0.29, 0.717) is 31.2 Å². The first kappa shape index (κ1) is 28.2. The minimum atomic E-state index is -1.15. The molecule has 1 saturated heterocycles. The molecule has 4 rings (SSSR count). The molecule has 12 heteroatoms. The molecule has 2 aromatic heterocycles. The average Bonchev–Trinajstić information content (AvgIpc) is 3.58. The SMILES string of the molecule is CCCCCCn1cc(/C=C(\C#N)c2ccc(/C=C3\SC(=S)N(CC(=O)O)C3=O)s2)c2cc([N+](=O)[O-])ccc21. The fourth-order valence-electron chi connectivity index (χ4n) is 4.23. The fraction of sp³-hybridized carbons (Fsp3) is 0.259. The van der Waals surface area contributed by atoms with Gasteiger partial charge in [0.25, 0.3) is 11.6 Å². The maximum absolute atomic E-state index is 12.6. The smallest absolute Gasteiger partial charge is 0.323 e. The van der Waals surface area contributed by atoms with E-state index in [1.807, 2.05) is 6.20 Å². The first-order valence-corrected chi connectivity index (χ1v) is 14.2. The first-order valence-electron chi connectivity index (χ1n) is 12.2. The van der Waals surface area contributed by atoms with E-state index in [-0.39, 0.29) is 10.0 Å². The molecule has 1 aliphatic heterocycles. The van der Waals surface area contributed by atoms with Crippen LogP contribution in [0.4, 0.5) is 5.69 Å². The number of nitro groups is 1. The molecular weight excluding hydrogens is 557 g/mol. The summed E-state index contributed by atoms with van der Waals surface area (Å²) in [6.07, 6.45) is 9.63. The van der Waals surface area contributed by atoms with E-state index in [0.717, 1.165) is 54.4 Å². The maximum Gasteiger partial charge on any atom is 0.323 e. The summed E-state index contributed by atoms with van der Waals surface area (Å²) in [5, 5.41) is 31.1. The normalized spacial score (nSPS) is 14.9. The van der Waals surface area contributed by atoms with Gasteiger partial charge >= 0.3 is 5.97 Å². The zero-order chi connectivity index (χ0) is 28.1. The molecule has 1 aliphatic rings.